The lowest BCUT2D eigenvalue weighted by Gasteiger charge is -2.15. The summed E-state index contributed by atoms with van der Waals surface area (Å²) in [5, 5.41) is 3.88. The Hall–Kier alpha value is 0.140. The summed E-state index contributed by atoms with van der Waals surface area (Å²) in [6.07, 6.45) is 4.58. The zero-order chi connectivity index (χ0) is 11.6. The van der Waals surface area contributed by atoms with Gasteiger partial charge < -0.3 is 5.32 Å². The maximum absolute atomic E-state index is 3.88. The largest absolute Gasteiger partial charge is 0.306 e. The molecular formula is C14H18BrNS. The Labute approximate surface area is 115 Å². The van der Waals surface area contributed by atoms with E-state index in [1.54, 1.807) is 6.42 Å². The summed E-state index contributed by atoms with van der Waals surface area (Å²) >= 11 is 5.42. The maximum Gasteiger partial charge on any atom is 0.0701 e. The fourth-order valence-corrected chi connectivity index (χ4v) is 5.92. The average Bonchev–Trinajstić information content (AvgIpc) is 2.77. The third-order valence-corrected chi connectivity index (χ3v) is 7.00. The first-order valence-corrected chi connectivity index (χ1v) is 8.36. The monoisotopic (exact) mass is 311 g/mol. The molecule has 0 aliphatic heterocycles. The Morgan fingerprint density at radius 2 is 2.00 bits per heavy atom. The lowest BCUT2D eigenvalue weighted by Crippen LogP contribution is -2.25. The minimum Gasteiger partial charge on any atom is -0.306 e. The molecule has 92 valence electrons. The molecule has 3 aliphatic rings. The van der Waals surface area contributed by atoms with Crippen LogP contribution in [0.2, 0.25) is 0 Å². The third kappa shape index (κ3) is 1.66. The zero-order valence-corrected chi connectivity index (χ0v) is 12.4. The standard InChI is InChI=1S/C14H18BrNS/c1-7(10-4-5-11(15)17-10)16-14-12-8-2-3-9(6-8)13(12)14/h4-5,7-9,12-14,16H,2-3,6H2,1H3. The van der Waals surface area contributed by atoms with Gasteiger partial charge in [-0.25, -0.2) is 0 Å². The molecule has 3 saturated carbocycles. The van der Waals surface area contributed by atoms with Gasteiger partial charge in [0.2, 0.25) is 0 Å². The molecule has 0 aromatic carbocycles. The number of thiophene rings is 1. The number of halogens is 1. The van der Waals surface area contributed by atoms with Gasteiger partial charge in [0.1, 0.15) is 0 Å². The van der Waals surface area contributed by atoms with E-state index in [2.05, 4.69) is 40.3 Å². The molecule has 5 atom stereocenters. The van der Waals surface area contributed by atoms with Crippen LogP contribution in [0.15, 0.2) is 15.9 Å². The Balaban J connectivity index is 1.43. The molecule has 1 N–H and O–H groups in total. The van der Waals surface area contributed by atoms with Crippen LogP contribution in [-0.4, -0.2) is 6.04 Å². The molecule has 1 heterocycles. The van der Waals surface area contributed by atoms with Gasteiger partial charge in [0.05, 0.1) is 3.79 Å². The van der Waals surface area contributed by atoms with E-state index < -0.39 is 0 Å². The van der Waals surface area contributed by atoms with Gasteiger partial charge in [-0.15, -0.1) is 11.3 Å². The predicted octanol–water partition coefficient (Wildman–Crippen LogP) is 4.21. The van der Waals surface area contributed by atoms with Crippen molar-refractivity contribution in [2.75, 3.05) is 0 Å². The van der Waals surface area contributed by atoms with Crippen molar-refractivity contribution in [3.8, 4) is 0 Å². The lowest BCUT2D eigenvalue weighted by atomic mass is 10.0. The molecule has 0 radical (unpaired) electrons. The average molecular weight is 312 g/mol. The summed E-state index contributed by atoms with van der Waals surface area (Å²) in [7, 11) is 0. The lowest BCUT2D eigenvalue weighted by molar-refractivity contribution is 0.435. The minimum atomic E-state index is 0.529. The van der Waals surface area contributed by atoms with Crippen molar-refractivity contribution in [2.24, 2.45) is 23.7 Å². The summed E-state index contributed by atoms with van der Waals surface area (Å²) in [4.78, 5) is 1.47. The fourth-order valence-electron chi connectivity index (χ4n) is 4.48. The number of hydrogen-bond donors (Lipinski definition) is 1. The van der Waals surface area contributed by atoms with E-state index >= 15 is 0 Å². The van der Waals surface area contributed by atoms with Crippen LogP contribution in [0.5, 0.6) is 0 Å². The van der Waals surface area contributed by atoms with E-state index in [0.29, 0.717) is 6.04 Å². The van der Waals surface area contributed by atoms with Gasteiger partial charge in [0.25, 0.3) is 0 Å². The molecule has 3 heteroatoms. The predicted molar refractivity (Wildman–Crippen MR) is 75.2 cm³/mol. The quantitative estimate of drug-likeness (QED) is 0.882. The smallest absolute Gasteiger partial charge is 0.0701 e. The fraction of sp³-hybridized carbons (Fsp3) is 0.714. The highest BCUT2D eigenvalue weighted by Gasteiger charge is 2.64. The number of rotatable bonds is 3. The van der Waals surface area contributed by atoms with Crippen molar-refractivity contribution < 1.29 is 0 Å². The van der Waals surface area contributed by atoms with Crippen LogP contribution in [0.4, 0.5) is 0 Å². The molecule has 3 fully saturated rings. The highest BCUT2D eigenvalue weighted by molar-refractivity contribution is 9.11. The van der Waals surface area contributed by atoms with Crippen LogP contribution in [-0.2, 0) is 0 Å². The molecule has 5 unspecified atom stereocenters. The van der Waals surface area contributed by atoms with Gasteiger partial charge in [0, 0.05) is 17.0 Å². The van der Waals surface area contributed by atoms with Crippen molar-refractivity contribution in [3.05, 3.63) is 20.8 Å². The molecule has 0 spiro atoms. The molecule has 0 saturated heterocycles. The topological polar surface area (TPSA) is 12.0 Å². The molecule has 1 nitrogen and oxygen atoms in total. The van der Waals surface area contributed by atoms with Crippen molar-refractivity contribution in [1.29, 1.82) is 0 Å². The summed E-state index contributed by atoms with van der Waals surface area (Å²) < 4.78 is 1.25. The minimum absolute atomic E-state index is 0.529. The first-order chi connectivity index (χ1) is 8.24. The summed E-state index contributed by atoms with van der Waals surface area (Å²) in [6.45, 7) is 2.31. The molecular weight excluding hydrogens is 294 g/mol. The number of hydrogen-bond acceptors (Lipinski definition) is 2. The Morgan fingerprint density at radius 1 is 1.29 bits per heavy atom. The van der Waals surface area contributed by atoms with Crippen molar-refractivity contribution in [3.63, 3.8) is 0 Å². The Morgan fingerprint density at radius 3 is 2.59 bits per heavy atom. The molecule has 1 aromatic heterocycles. The zero-order valence-electron chi connectivity index (χ0n) is 10.0. The molecule has 1 aromatic rings. The van der Waals surface area contributed by atoms with E-state index in [1.165, 1.54) is 21.5 Å². The second-order valence-electron chi connectivity index (χ2n) is 6.04. The summed E-state index contributed by atoms with van der Waals surface area (Å²) in [6, 6.07) is 5.79. The van der Waals surface area contributed by atoms with Gasteiger partial charge >= 0.3 is 0 Å². The van der Waals surface area contributed by atoms with Gasteiger partial charge in [-0.2, -0.15) is 0 Å². The first-order valence-electron chi connectivity index (χ1n) is 6.75. The van der Waals surface area contributed by atoms with Gasteiger partial charge in [0.15, 0.2) is 0 Å². The van der Waals surface area contributed by atoms with Crippen molar-refractivity contribution in [1.82, 2.24) is 5.32 Å². The second-order valence-corrected chi connectivity index (χ2v) is 8.54. The molecule has 3 aliphatic carbocycles. The van der Waals surface area contributed by atoms with E-state index in [9.17, 15) is 0 Å². The van der Waals surface area contributed by atoms with Crippen LogP contribution in [0.25, 0.3) is 0 Å². The number of fused-ring (bicyclic) bond motifs is 5. The SMILES string of the molecule is CC(NC1C2C3CCC(C3)C12)c1ccc(Br)s1. The van der Waals surface area contributed by atoms with E-state index in [0.717, 1.165) is 29.7 Å². The van der Waals surface area contributed by atoms with Crippen molar-refractivity contribution in [2.45, 2.75) is 38.3 Å². The van der Waals surface area contributed by atoms with E-state index in [-0.39, 0.29) is 0 Å². The summed E-state index contributed by atoms with van der Waals surface area (Å²) in [5.74, 6) is 4.23. The second kappa shape index (κ2) is 3.82. The Bertz CT molecular complexity index is 427. The molecule has 4 rings (SSSR count). The highest BCUT2D eigenvalue weighted by atomic mass is 79.9. The highest BCUT2D eigenvalue weighted by Crippen LogP contribution is 2.65. The molecule has 0 amide bonds. The van der Waals surface area contributed by atoms with Crippen LogP contribution in [0.1, 0.15) is 37.1 Å². The van der Waals surface area contributed by atoms with Crippen LogP contribution < -0.4 is 5.32 Å². The van der Waals surface area contributed by atoms with E-state index in [1.807, 2.05) is 11.3 Å². The van der Waals surface area contributed by atoms with Crippen LogP contribution in [0.3, 0.4) is 0 Å². The van der Waals surface area contributed by atoms with Crippen LogP contribution in [0, 0.1) is 23.7 Å². The van der Waals surface area contributed by atoms with Gasteiger partial charge in [-0.3, -0.25) is 0 Å². The molecule has 2 bridgehead atoms. The summed E-state index contributed by atoms with van der Waals surface area (Å²) in [5.41, 5.74) is 0. The molecule has 17 heavy (non-hydrogen) atoms. The Kier molecular flexibility index (Phi) is 2.47. The van der Waals surface area contributed by atoms with Gasteiger partial charge in [-0.1, -0.05) is 0 Å². The first kappa shape index (κ1) is 11.0. The van der Waals surface area contributed by atoms with Crippen molar-refractivity contribution >= 4 is 27.3 Å². The third-order valence-electron chi connectivity index (χ3n) is 5.20. The van der Waals surface area contributed by atoms with Crippen LogP contribution >= 0.6 is 27.3 Å². The number of nitrogens with one attached hydrogen (secondary N) is 1. The maximum atomic E-state index is 3.88. The van der Waals surface area contributed by atoms with Gasteiger partial charge in [-0.05, 0) is 77.9 Å². The van der Waals surface area contributed by atoms with E-state index in [4.69, 9.17) is 0 Å². The normalized spacial score (nSPS) is 43.8.